The molecule has 0 spiro atoms. The van der Waals surface area contributed by atoms with Crippen LogP contribution in [0.3, 0.4) is 0 Å². The number of anilines is 1. The van der Waals surface area contributed by atoms with E-state index in [1.807, 2.05) is 0 Å². The first kappa shape index (κ1) is 13.9. The molecule has 2 rings (SSSR count). The van der Waals surface area contributed by atoms with Crippen molar-refractivity contribution in [2.24, 2.45) is 5.73 Å². The van der Waals surface area contributed by atoms with Crippen molar-refractivity contribution in [3.8, 4) is 0 Å². The minimum absolute atomic E-state index is 0.249. The predicted octanol–water partition coefficient (Wildman–Crippen LogP) is 2.03. The Balaban J connectivity index is 2.02. The minimum atomic E-state index is -0.607. The molecule has 5 nitrogen and oxygen atoms in total. The zero-order chi connectivity index (χ0) is 14.5. The fourth-order valence-electron chi connectivity index (χ4n) is 1.37. The van der Waals surface area contributed by atoms with Crippen LogP contribution in [-0.2, 0) is 4.79 Å². The summed E-state index contributed by atoms with van der Waals surface area (Å²) in [6.45, 7) is 0. The van der Waals surface area contributed by atoms with E-state index in [1.165, 1.54) is 24.4 Å². The highest BCUT2D eigenvalue weighted by molar-refractivity contribution is 7.17. The van der Waals surface area contributed by atoms with Gasteiger partial charge in [-0.1, -0.05) is 29.5 Å². The molecule has 1 heterocycles. The first-order valence-electron chi connectivity index (χ1n) is 5.55. The molecule has 0 bridgehead atoms. The summed E-state index contributed by atoms with van der Waals surface area (Å²) in [6, 6.07) is 6.08. The van der Waals surface area contributed by atoms with Crippen LogP contribution in [0.25, 0.3) is 6.08 Å². The Morgan fingerprint density at radius 2 is 2.10 bits per heavy atom. The third kappa shape index (κ3) is 3.48. The number of carbonyl (C=O) groups excluding carboxylic acids is 2. The van der Waals surface area contributed by atoms with Crippen molar-refractivity contribution >= 4 is 34.4 Å². The topological polar surface area (TPSA) is 85.1 Å². The van der Waals surface area contributed by atoms with Gasteiger partial charge in [-0.15, -0.1) is 0 Å². The van der Waals surface area contributed by atoms with E-state index < -0.39 is 17.6 Å². The van der Waals surface area contributed by atoms with Gasteiger partial charge < -0.3 is 5.73 Å². The van der Waals surface area contributed by atoms with Gasteiger partial charge in [0, 0.05) is 11.6 Å². The fraction of sp³-hybridized carbons (Fsp3) is 0. The summed E-state index contributed by atoms with van der Waals surface area (Å²) in [4.78, 5) is 26.6. The summed E-state index contributed by atoms with van der Waals surface area (Å²) in [5, 5.41) is 2.71. The van der Waals surface area contributed by atoms with Gasteiger partial charge in [-0.2, -0.15) is 0 Å². The quantitative estimate of drug-likeness (QED) is 0.845. The Labute approximate surface area is 117 Å². The number of nitrogens with two attached hydrogens (primary N) is 1. The Bertz CT molecular complexity index is 682. The number of rotatable bonds is 4. The Morgan fingerprint density at radius 3 is 2.75 bits per heavy atom. The van der Waals surface area contributed by atoms with Crippen LogP contribution in [0, 0.1) is 5.82 Å². The number of thiazole rings is 1. The van der Waals surface area contributed by atoms with Gasteiger partial charge in [-0.05, 0) is 12.1 Å². The SMILES string of the molecule is NC(=O)c1cnc(NC(=O)C=Cc2ccccc2F)s1. The lowest BCUT2D eigenvalue weighted by atomic mass is 10.2. The van der Waals surface area contributed by atoms with Crippen molar-refractivity contribution in [1.29, 1.82) is 0 Å². The monoisotopic (exact) mass is 291 g/mol. The maximum absolute atomic E-state index is 13.3. The molecule has 0 aliphatic rings. The van der Waals surface area contributed by atoms with Crippen LogP contribution in [0.15, 0.2) is 36.5 Å². The number of primary amides is 1. The minimum Gasteiger partial charge on any atom is -0.365 e. The molecular weight excluding hydrogens is 281 g/mol. The summed E-state index contributed by atoms with van der Waals surface area (Å²) in [5.74, 6) is -1.50. The summed E-state index contributed by atoms with van der Waals surface area (Å²) < 4.78 is 13.3. The number of hydrogen-bond acceptors (Lipinski definition) is 4. The zero-order valence-electron chi connectivity index (χ0n) is 10.2. The van der Waals surface area contributed by atoms with Crippen LogP contribution < -0.4 is 11.1 Å². The zero-order valence-corrected chi connectivity index (χ0v) is 11.0. The van der Waals surface area contributed by atoms with Crippen molar-refractivity contribution in [3.05, 3.63) is 52.8 Å². The lowest BCUT2D eigenvalue weighted by molar-refractivity contribution is -0.111. The molecular formula is C13H10FN3O2S. The highest BCUT2D eigenvalue weighted by atomic mass is 32.1. The third-order valence-corrected chi connectivity index (χ3v) is 3.23. The van der Waals surface area contributed by atoms with E-state index in [1.54, 1.807) is 18.2 Å². The summed E-state index contributed by atoms with van der Waals surface area (Å²) >= 11 is 0.969. The molecule has 1 aromatic carbocycles. The van der Waals surface area contributed by atoms with E-state index >= 15 is 0 Å². The second-order valence-corrected chi connectivity index (χ2v) is 4.77. The highest BCUT2D eigenvalue weighted by Crippen LogP contribution is 2.17. The van der Waals surface area contributed by atoms with Crippen LogP contribution in [0.1, 0.15) is 15.2 Å². The van der Waals surface area contributed by atoms with Gasteiger partial charge >= 0.3 is 0 Å². The van der Waals surface area contributed by atoms with E-state index in [-0.39, 0.29) is 10.0 Å². The molecule has 0 saturated carbocycles. The largest absolute Gasteiger partial charge is 0.365 e. The third-order valence-electron chi connectivity index (χ3n) is 2.30. The lowest BCUT2D eigenvalue weighted by Gasteiger charge is -1.97. The number of nitrogens with one attached hydrogen (secondary N) is 1. The molecule has 7 heteroatoms. The Kier molecular flexibility index (Phi) is 4.21. The molecule has 0 aliphatic heterocycles. The van der Waals surface area contributed by atoms with Gasteiger partial charge in [-0.3, -0.25) is 14.9 Å². The van der Waals surface area contributed by atoms with Crippen LogP contribution in [-0.4, -0.2) is 16.8 Å². The summed E-state index contributed by atoms with van der Waals surface area (Å²) in [5.41, 5.74) is 5.38. The maximum Gasteiger partial charge on any atom is 0.260 e. The molecule has 0 atom stereocenters. The van der Waals surface area contributed by atoms with Crippen LogP contribution >= 0.6 is 11.3 Å². The van der Waals surface area contributed by atoms with Crippen LogP contribution in [0.2, 0.25) is 0 Å². The number of aromatic nitrogens is 1. The van der Waals surface area contributed by atoms with Crippen molar-refractivity contribution in [2.75, 3.05) is 5.32 Å². The maximum atomic E-state index is 13.3. The number of nitrogens with zero attached hydrogens (tertiary/aromatic N) is 1. The number of carbonyl (C=O) groups is 2. The fourth-order valence-corrected chi connectivity index (χ4v) is 2.04. The second-order valence-electron chi connectivity index (χ2n) is 3.74. The van der Waals surface area contributed by atoms with Gasteiger partial charge in [0.25, 0.3) is 5.91 Å². The number of halogens is 1. The Hall–Kier alpha value is -2.54. The summed E-state index contributed by atoms with van der Waals surface area (Å²) in [6.07, 6.45) is 3.82. The average molecular weight is 291 g/mol. The molecule has 20 heavy (non-hydrogen) atoms. The normalized spacial score (nSPS) is 10.7. The Morgan fingerprint density at radius 1 is 1.35 bits per heavy atom. The van der Waals surface area contributed by atoms with Crippen LogP contribution in [0.5, 0.6) is 0 Å². The van der Waals surface area contributed by atoms with Crippen molar-refractivity contribution in [3.63, 3.8) is 0 Å². The number of benzene rings is 1. The van der Waals surface area contributed by atoms with Crippen molar-refractivity contribution in [2.45, 2.75) is 0 Å². The molecule has 3 N–H and O–H groups in total. The standard InChI is InChI=1S/C13H10FN3O2S/c14-9-4-2-1-3-8(9)5-6-11(18)17-13-16-7-10(20-13)12(15)19/h1-7H,(H2,15,19)(H,16,17,18). The number of hydrogen-bond donors (Lipinski definition) is 2. The first-order chi connectivity index (χ1) is 9.56. The van der Waals surface area contributed by atoms with Gasteiger partial charge in [0.15, 0.2) is 5.13 Å². The molecule has 2 aromatic rings. The second kappa shape index (κ2) is 6.07. The number of amides is 2. The molecule has 0 aliphatic carbocycles. The van der Waals surface area contributed by atoms with E-state index in [4.69, 9.17) is 5.73 Å². The molecule has 102 valence electrons. The molecule has 0 unspecified atom stereocenters. The molecule has 1 aromatic heterocycles. The van der Waals surface area contributed by atoms with Crippen molar-refractivity contribution < 1.29 is 14.0 Å². The van der Waals surface area contributed by atoms with Gasteiger partial charge in [-0.25, -0.2) is 9.37 Å². The van der Waals surface area contributed by atoms with Gasteiger partial charge in [0.05, 0.1) is 6.20 Å². The first-order valence-corrected chi connectivity index (χ1v) is 6.37. The van der Waals surface area contributed by atoms with E-state index in [9.17, 15) is 14.0 Å². The van der Waals surface area contributed by atoms with Gasteiger partial charge in [0.1, 0.15) is 10.7 Å². The predicted molar refractivity (Wildman–Crippen MR) is 74.7 cm³/mol. The van der Waals surface area contributed by atoms with E-state index in [0.717, 1.165) is 11.3 Å². The van der Waals surface area contributed by atoms with Crippen molar-refractivity contribution in [1.82, 2.24) is 4.98 Å². The van der Waals surface area contributed by atoms with E-state index in [0.29, 0.717) is 5.56 Å². The van der Waals surface area contributed by atoms with Crippen LogP contribution in [0.4, 0.5) is 9.52 Å². The molecule has 0 radical (unpaired) electrons. The van der Waals surface area contributed by atoms with E-state index in [2.05, 4.69) is 10.3 Å². The lowest BCUT2D eigenvalue weighted by Crippen LogP contribution is -2.08. The van der Waals surface area contributed by atoms with Gasteiger partial charge in [0.2, 0.25) is 5.91 Å². The summed E-state index contributed by atoms with van der Waals surface area (Å²) in [7, 11) is 0. The highest BCUT2D eigenvalue weighted by Gasteiger charge is 2.08. The average Bonchev–Trinajstić information content (AvgIpc) is 2.86. The smallest absolute Gasteiger partial charge is 0.260 e. The molecule has 0 fully saturated rings. The molecule has 2 amide bonds. The molecule has 0 saturated heterocycles.